The number of hydrogen-bond acceptors (Lipinski definition) is 7. The first-order chi connectivity index (χ1) is 9.29. The zero-order valence-corrected chi connectivity index (χ0v) is 13.0. The zero-order chi connectivity index (χ0) is 15.4. The van der Waals surface area contributed by atoms with Crippen LogP contribution < -0.4 is 0 Å². The van der Waals surface area contributed by atoms with Gasteiger partial charge in [-0.3, -0.25) is 4.79 Å². The Balaban J connectivity index is 3.13. The van der Waals surface area contributed by atoms with E-state index in [0.29, 0.717) is 12.8 Å². The van der Waals surface area contributed by atoms with E-state index in [9.17, 15) is 13.2 Å². The van der Waals surface area contributed by atoms with Gasteiger partial charge in [-0.2, -0.15) is 4.98 Å². The highest BCUT2D eigenvalue weighted by Crippen LogP contribution is 2.32. The van der Waals surface area contributed by atoms with Crippen LogP contribution in [0.3, 0.4) is 0 Å². The van der Waals surface area contributed by atoms with Gasteiger partial charge in [0.05, 0.1) is 6.61 Å². The lowest BCUT2D eigenvalue weighted by Gasteiger charge is -2.24. The van der Waals surface area contributed by atoms with Crippen LogP contribution in [0.25, 0.3) is 0 Å². The molecule has 1 rings (SSSR count). The molecule has 114 valence electrons. The maximum Gasteiger partial charge on any atom is 0.321 e. The molecule has 0 amide bonds. The fourth-order valence-corrected chi connectivity index (χ4v) is 2.53. The highest BCUT2D eigenvalue weighted by atomic mass is 32.2. The van der Waals surface area contributed by atoms with Crippen molar-refractivity contribution in [2.45, 2.75) is 44.8 Å². The minimum absolute atomic E-state index is 0.0538. The summed E-state index contributed by atoms with van der Waals surface area (Å²) in [4.78, 5) is 16.2. The van der Waals surface area contributed by atoms with Crippen LogP contribution in [0.5, 0.6) is 0 Å². The maximum atomic E-state index is 12.2. The van der Waals surface area contributed by atoms with Gasteiger partial charge in [-0.15, -0.1) is 0 Å². The fraction of sp³-hybridized carbons (Fsp3) is 0.750. The van der Waals surface area contributed by atoms with Gasteiger partial charge in [0.1, 0.15) is 11.2 Å². The number of carbonyl (C=O) groups is 1. The Morgan fingerprint density at radius 2 is 1.90 bits per heavy atom. The van der Waals surface area contributed by atoms with Crippen molar-refractivity contribution in [3.63, 3.8) is 0 Å². The second-order valence-corrected chi connectivity index (χ2v) is 6.74. The van der Waals surface area contributed by atoms with Gasteiger partial charge in [0.25, 0.3) is 0 Å². The van der Waals surface area contributed by atoms with Crippen LogP contribution in [0, 0.1) is 0 Å². The van der Waals surface area contributed by atoms with Crippen LogP contribution >= 0.6 is 0 Å². The van der Waals surface area contributed by atoms with Gasteiger partial charge in [0.15, 0.2) is 15.7 Å². The first-order valence-corrected chi connectivity index (χ1v) is 8.53. The standard InChI is InChI=1S/C12H20N2O5S/c1-5-12(6-2,11(15)18-7-3)10-13-9(14-19-10)8-20(4,16)17/h5-8H2,1-4H3. The molecule has 0 fully saturated rings. The lowest BCUT2D eigenvalue weighted by atomic mass is 9.82. The molecule has 0 aliphatic heterocycles. The number of aromatic nitrogens is 2. The molecule has 8 heteroatoms. The largest absolute Gasteiger partial charge is 0.465 e. The van der Waals surface area contributed by atoms with Gasteiger partial charge >= 0.3 is 5.97 Å². The number of esters is 1. The van der Waals surface area contributed by atoms with Crippen molar-refractivity contribution in [2.75, 3.05) is 12.9 Å². The maximum absolute atomic E-state index is 12.2. The molecule has 0 saturated carbocycles. The van der Waals surface area contributed by atoms with E-state index in [4.69, 9.17) is 9.26 Å². The predicted octanol–water partition coefficient (Wildman–Crippen LogP) is 1.24. The smallest absolute Gasteiger partial charge is 0.321 e. The molecule has 0 aliphatic carbocycles. The molecule has 0 unspecified atom stereocenters. The van der Waals surface area contributed by atoms with E-state index < -0.39 is 21.2 Å². The summed E-state index contributed by atoms with van der Waals surface area (Å²) in [5.74, 6) is -0.583. The normalized spacial score (nSPS) is 12.4. The number of nitrogens with zero attached hydrogens (tertiary/aromatic N) is 2. The van der Waals surface area contributed by atoms with E-state index in [2.05, 4.69) is 10.1 Å². The average Bonchev–Trinajstić information content (AvgIpc) is 2.78. The van der Waals surface area contributed by atoms with E-state index in [1.807, 2.05) is 13.8 Å². The van der Waals surface area contributed by atoms with Gasteiger partial charge in [-0.1, -0.05) is 19.0 Å². The molecule has 0 saturated heterocycles. The van der Waals surface area contributed by atoms with Crippen LogP contribution in [-0.2, 0) is 30.5 Å². The molecule has 1 aromatic heterocycles. The summed E-state index contributed by atoms with van der Waals surface area (Å²) in [6.45, 7) is 5.61. The van der Waals surface area contributed by atoms with Gasteiger partial charge in [0, 0.05) is 6.26 Å². The van der Waals surface area contributed by atoms with Crippen LogP contribution in [0.4, 0.5) is 0 Å². The molecule has 0 bridgehead atoms. The van der Waals surface area contributed by atoms with Crippen LogP contribution in [-0.4, -0.2) is 37.4 Å². The zero-order valence-electron chi connectivity index (χ0n) is 12.2. The highest BCUT2D eigenvalue weighted by Gasteiger charge is 2.44. The molecule has 0 spiro atoms. The summed E-state index contributed by atoms with van der Waals surface area (Å²) in [5, 5.41) is 3.63. The summed E-state index contributed by atoms with van der Waals surface area (Å²) in [7, 11) is -3.25. The third kappa shape index (κ3) is 3.56. The fourth-order valence-electron chi connectivity index (χ4n) is 1.94. The molecule has 0 N–H and O–H groups in total. The molecule has 1 heterocycles. The third-order valence-electron chi connectivity index (χ3n) is 3.14. The van der Waals surface area contributed by atoms with E-state index in [-0.39, 0.29) is 24.1 Å². The SMILES string of the molecule is CCOC(=O)C(CC)(CC)c1nc(CS(C)(=O)=O)no1. The summed E-state index contributed by atoms with van der Waals surface area (Å²) in [6, 6.07) is 0. The van der Waals surface area contributed by atoms with E-state index in [1.54, 1.807) is 6.92 Å². The molecule has 0 aromatic carbocycles. The lowest BCUT2D eigenvalue weighted by molar-refractivity contribution is -0.151. The quantitative estimate of drug-likeness (QED) is 0.698. The average molecular weight is 304 g/mol. The first kappa shape index (κ1) is 16.6. The Morgan fingerprint density at radius 3 is 2.35 bits per heavy atom. The summed E-state index contributed by atoms with van der Waals surface area (Å²) in [6.07, 6.45) is 1.95. The third-order valence-corrected chi connectivity index (χ3v) is 3.92. The van der Waals surface area contributed by atoms with Gasteiger partial charge in [-0.05, 0) is 19.8 Å². The Kier molecular flexibility index (Phi) is 5.27. The Labute approximate surface area is 118 Å². The van der Waals surface area contributed by atoms with Crippen LogP contribution in [0.2, 0.25) is 0 Å². The molecular formula is C12H20N2O5S. The van der Waals surface area contributed by atoms with Crippen molar-refractivity contribution in [2.24, 2.45) is 0 Å². The van der Waals surface area contributed by atoms with E-state index >= 15 is 0 Å². The number of hydrogen-bond donors (Lipinski definition) is 0. The summed E-state index contributed by atoms with van der Waals surface area (Å²) >= 11 is 0. The molecule has 1 aromatic rings. The van der Waals surface area contributed by atoms with Gasteiger partial charge in [-0.25, -0.2) is 8.42 Å². The van der Waals surface area contributed by atoms with Crippen molar-refractivity contribution in [3.8, 4) is 0 Å². The highest BCUT2D eigenvalue weighted by molar-refractivity contribution is 7.89. The topological polar surface area (TPSA) is 99.4 Å². The van der Waals surface area contributed by atoms with E-state index in [0.717, 1.165) is 6.26 Å². The monoisotopic (exact) mass is 304 g/mol. The minimum atomic E-state index is -3.25. The van der Waals surface area contributed by atoms with Crippen LogP contribution in [0.15, 0.2) is 4.52 Å². The summed E-state index contributed by atoms with van der Waals surface area (Å²) < 4.78 is 32.6. The molecular weight excluding hydrogens is 284 g/mol. The Hall–Kier alpha value is -1.44. The minimum Gasteiger partial charge on any atom is -0.465 e. The Bertz CT molecular complexity index is 560. The molecule has 7 nitrogen and oxygen atoms in total. The van der Waals surface area contributed by atoms with Gasteiger partial charge in [0.2, 0.25) is 5.89 Å². The number of carbonyl (C=O) groups excluding carboxylic acids is 1. The molecule has 0 aliphatic rings. The van der Waals surface area contributed by atoms with E-state index in [1.165, 1.54) is 0 Å². The van der Waals surface area contributed by atoms with Crippen molar-refractivity contribution in [1.82, 2.24) is 10.1 Å². The van der Waals surface area contributed by atoms with Crippen molar-refractivity contribution in [3.05, 3.63) is 11.7 Å². The number of sulfone groups is 1. The number of ether oxygens (including phenoxy) is 1. The van der Waals surface area contributed by atoms with Gasteiger partial charge < -0.3 is 9.26 Å². The molecule has 20 heavy (non-hydrogen) atoms. The van der Waals surface area contributed by atoms with Crippen LogP contribution in [0.1, 0.15) is 45.3 Å². The number of rotatable bonds is 7. The van der Waals surface area contributed by atoms with Crippen molar-refractivity contribution < 1.29 is 22.5 Å². The summed E-state index contributed by atoms with van der Waals surface area (Å²) in [5.41, 5.74) is -1.02. The Morgan fingerprint density at radius 1 is 1.30 bits per heavy atom. The van der Waals surface area contributed by atoms with Crippen molar-refractivity contribution >= 4 is 15.8 Å². The first-order valence-electron chi connectivity index (χ1n) is 6.47. The molecule has 0 radical (unpaired) electrons. The second-order valence-electron chi connectivity index (χ2n) is 4.60. The molecule has 0 atom stereocenters. The second kappa shape index (κ2) is 6.34. The predicted molar refractivity (Wildman–Crippen MR) is 71.7 cm³/mol. The van der Waals surface area contributed by atoms with Crippen molar-refractivity contribution in [1.29, 1.82) is 0 Å². The lowest BCUT2D eigenvalue weighted by Crippen LogP contribution is -2.37.